The molecular weight excluding hydrogens is 324 g/mol. The van der Waals surface area contributed by atoms with E-state index in [0.717, 1.165) is 43.6 Å². The van der Waals surface area contributed by atoms with Crippen LogP contribution >= 0.6 is 0 Å². The molecule has 130 valence electrons. The molecule has 0 spiro atoms. The number of nitrogens with zero attached hydrogens (tertiary/aromatic N) is 3. The topological polar surface area (TPSA) is 63.1 Å². The quantitative estimate of drug-likeness (QED) is 0.794. The van der Waals surface area contributed by atoms with E-state index in [1.165, 1.54) is 5.56 Å². The van der Waals surface area contributed by atoms with Crippen molar-refractivity contribution in [3.63, 3.8) is 0 Å². The predicted molar refractivity (Wildman–Crippen MR) is 101 cm³/mol. The lowest BCUT2D eigenvalue weighted by atomic mass is 10.1. The summed E-state index contributed by atoms with van der Waals surface area (Å²) in [5, 5.41) is 9.94. The third kappa shape index (κ3) is 3.32. The Morgan fingerprint density at radius 3 is 2.46 bits per heavy atom. The molecule has 2 aromatic carbocycles. The number of hydrogen-bond donors (Lipinski definition) is 1. The first kappa shape index (κ1) is 16.4. The van der Waals surface area contributed by atoms with E-state index in [0.29, 0.717) is 11.3 Å². The van der Waals surface area contributed by atoms with E-state index >= 15 is 0 Å². The summed E-state index contributed by atoms with van der Waals surface area (Å²) >= 11 is 0. The Balaban J connectivity index is 1.36. The van der Waals surface area contributed by atoms with Crippen molar-refractivity contribution < 1.29 is 4.79 Å². The molecule has 1 N–H and O–H groups in total. The molecule has 5 nitrogen and oxygen atoms in total. The van der Waals surface area contributed by atoms with Crippen molar-refractivity contribution in [2.45, 2.75) is 6.54 Å². The number of carbonyl (C=O) groups is 1. The zero-order chi connectivity index (χ0) is 17.9. The van der Waals surface area contributed by atoms with Crippen LogP contribution in [-0.4, -0.2) is 46.9 Å². The van der Waals surface area contributed by atoms with E-state index in [-0.39, 0.29) is 5.91 Å². The average Bonchev–Trinajstić information content (AvgIpc) is 3.13. The summed E-state index contributed by atoms with van der Waals surface area (Å²) < 4.78 is 0. The number of H-pyrrole nitrogens is 1. The minimum Gasteiger partial charge on any atom is -0.351 e. The van der Waals surface area contributed by atoms with Crippen LogP contribution in [0.3, 0.4) is 0 Å². The predicted octanol–water partition coefficient (Wildman–Crippen LogP) is 3.00. The molecule has 5 heteroatoms. The molecule has 1 aromatic heterocycles. The van der Waals surface area contributed by atoms with E-state index in [9.17, 15) is 4.79 Å². The number of amides is 1. The molecule has 26 heavy (non-hydrogen) atoms. The number of rotatable bonds is 3. The number of nitrogens with one attached hydrogen (secondary N) is 1. The third-order valence-electron chi connectivity index (χ3n) is 4.91. The van der Waals surface area contributed by atoms with Gasteiger partial charge in [0.15, 0.2) is 0 Å². The molecule has 3 aromatic rings. The Morgan fingerprint density at radius 1 is 1.04 bits per heavy atom. The molecule has 1 saturated heterocycles. The number of fused-ring (bicyclic) bond motifs is 1. The number of para-hydroxylation sites is 1. The van der Waals surface area contributed by atoms with Gasteiger partial charge in [-0.25, -0.2) is 0 Å². The van der Waals surface area contributed by atoms with Gasteiger partial charge in [0.1, 0.15) is 5.69 Å². The number of carbonyl (C=O) groups excluding carboxylic acids is 1. The van der Waals surface area contributed by atoms with E-state index in [1.54, 1.807) is 0 Å². The lowest BCUT2D eigenvalue weighted by molar-refractivity contribution is 0.0623. The lowest BCUT2D eigenvalue weighted by Gasteiger charge is -2.34. The summed E-state index contributed by atoms with van der Waals surface area (Å²) in [4.78, 5) is 20.2. The van der Waals surface area contributed by atoms with Crippen molar-refractivity contribution in [3.05, 3.63) is 71.4 Å². The molecular formula is C21H20N4O. The fraction of sp³-hybridized carbons (Fsp3) is 0.238. The van der Waals surface area contributed by atoms with Crippen LogP contribution in [0.1, 0.15) is 21.6 Å². The molecule has 0 bridgehead atoms. The molecule has 2 heterocycles. The first-order valence-corrected chi connectivity index (χ1v) is 8.81. The highest BCUT2D eigenvalue weighted by atomic mass is 16.2. The van der Waals surface area contributed by atoms with Gasteiger partial charge < -0.3 is 9.88 Å². The van der Waals surface area contributed by atoms with Gasteiger partial charge in [0.25, 0.3) is 5.91 Å². The van der Waals surface area contributed by atoms with Gasteiger partial charge in [0.2, 0.25) is 0 Å². The van der Waals surface area contributed by atoms with Gasteiger partial charge in [0.05, 0.1) is 11.6 Å². The molecule has 0 aliphatic carbocycles. The normalized spacial score (nSPS) is 15.1. The number of piperazine rings is 1. The Bertz CT molecular complexity index is 927. The molecule has 1 amide bonds. The van der Waals surface area contributed by atoms with E-state index in [1.807, 2.05) is 59.5 Å². The zero-order valence-electron chi connectivity index (χ0n) is 14.5. The van der Waals surface area contributed by atoms with E-state index < -0.39 is 0 Å². The SMILES string of the molecule is N#Cc1ccc(CN2CCN(C(=O)c3cc4ccccc4[nH]3)CC2)cc1. The summed E-state index contributed by atoms with van der Waals surface area (Å²) in [6, 6.07) is 19.7. The molecule has 0 radical (unpaired) electrons. The van der Waals surface area contributed by atoms with Gasteiger partial charge in [-0.15, -0.1) is 0 Å². The Morgan fingerprint density at radius 2 is 1.77 bits per heavy atom. The van der Waals surface area contributed by atoms with E-state index in [2.05, 4.69) is 16.0 Å². The van der Waals surface area contributed by atoms with Crippen LogP contribution in [-0.2, 0) is 6.54 Å². The molecule has 1 aliphatic rings. The second-order valence-corrected chi connectivity index (χ2v) is 6.65. The smallest absolute Gasteiger partial charge is 0.270 e. The van der Waals surface area contributed by atoms with Crippen molar-refractivity contribution in [2.24, 2.45) is 0 Å². The average molecular weight is 344 g/mol. The van der Waals surface area contributed by atoms with Crippen LogP contribution < -0.4 is 0 Å². The van der Waals surface area contributed by atoms with Crippen LogP contribution in [0.25, 0.3) is 10.9 Å². The van der Waals surface area contributed by atoms with Crippen LogP contribution in [0.2, 0.25) is 0 Å². The zero-order valence-corrected chi connectivity index (χ0v) is 14.5. The maximum Gasteiger partial charge on any atom is 0.270 e. The molecule has 0 atom stereocenters. The molecule has 0 unspecified atom stereocenters. The Kier molecular flexibility index (Phi) is 4.42. The second kappa shape index (κ2) is 7.03. The number of nitriles is 1. The minimum atomic E-state index is 0.0687. The first-order chi connectivity index (χ1) is 12.7. The van der Waals surface area contributed by atoms with Crippen molar-refractivity contribution >= 4 is 16.8 Å². The van der Waals surface area contributed by atoms with Gasteiger partial charge in [-0.05, 0) is 29.8 Å². The number of benzene rings is 2. The third-order valence-corrected chi connectivity index (χ3v) is 4.91. The first-order valence-electron chi connectivity index (χ1n) is 8.81. The summed E-state index contributed by atoms with van der Waals surface area (Å²) in [6.07, 6.45) is 0. The number of hydrogen-bond acceptors (Lipinski definition) is 3. The van der Waals surface area contributed by atoms with Crippen LogP contribution in [0.4, 0.5) is 0 Å². The van der Waals surface area contributed by atoms with Gasteiger partial charge >= 0.3 is 0 Å². The summed E-state index contributed by atoms with van der Waals surface area (Å²) in [5.41, 5.74) is 3.53. The molecule has 1 fully saturated rings. The standard InChI is InChI=1S/C21H20N4O/c22-14-16-5-7-17(8-6-16)15-24-9-11-25(12-10-24)21(26)20-13-18-3-1-2-4-19(18)23-20/h1-8,13,23H,9-12,15H2. The summed E-state index contributed by atoms with van der Waals surface area (Å²) in [6.45, 7) is 4.01. The molecule has 4 rings (SSSR count). The fourth-order valence-electron chi connectivity index (χ4n) is 3.41. The summed E-state index contributed by atoms with van der Waals surface area (Å²) in [7, 11) is 0. The van der Waals surface area contributed by atoms with Crippen molar-refractivity contribution in [1.82, 2.24) is 14.8 Å². The van der Waals surface area contributed by atoms with Crippen LogP contribution in [0, 0.1) is 11.3 Å². The van der Waals surface area contributed by atoms with Gasteiger partial charge in [-0.2, -0.15) is 5.26 Å². The van der Waals surface area contributed by atoms with Crippen molar-refractivity contribution in [2.75, 3.05) is 26.2 Å². The monoisotopic (exact) mass is 344 g/mol. The van der Waals surface area contributed by atoms with Crippen LogP contribution in [0.15, 0.2) is 54.6 Å². The molecule has 1 aliphatic heterocycles. The van der Waals surface area contributed by atoms with Gasteiger partial charge in [-0.1, -0.05) is 30.3 Å². The second-order valence-electron chi connectivity index (χ2n) is 6.65. The van der Waals surface area contributed by atoms with Crippen molar-refractivity contribution in [1.29, 1.82) is 5.26 Å². The highest BCUT2D eigenvalue weighted by Gasteiger charge is 2.23. The fourth-order valence-corrected chi connectivity index (χ4v) is 3.41. The Hall–Kier alpha value is -3.10. The minimum absolute atomic E-state index is 0.0687. The number of aromatic nitrogens is 1. The summed E-state index contributed by atoms with van der Waals surface area (Å²) in [5.74, 6) is 0.0687. The highest BCUT2D eigenvalue weighted by molar-refractivity contribution is 5.98. The van der Waals surface area contributed by atoms with Crippen LogP contribution in [0.5, 0.6) is 0 Å². The number of aromatic amines is 1. The van der Waals surface area contributed by atoms with Gasteiger partial charge in [-0.3, -0.25) is 9.69 Å². The van der Waals surface area contributed by atoms with E-state index in [4.69, 9.17) is 5.26 Å². The van der Waals surface area contributed by atoms with Crippen molar-refractivity contribution in [3.8, 4) is 6.07 Å². The Labute approximate surface area is 152 Å². The largest absolute Gasteiger partial charge is 0.351 e. The maximum absolute atomic E-state index is 12.8. The highest BCUT2D eigenvalue weighted by Crippen LogP contribution is 2.17. The van der Waals surface area contributed by atoms with Gasteiger partial charge in [0, 0.05) is 43.6 Å². The maximum atomic E-state index is 12.8. The molecule has 0 saturated carbocycles. The lowest BCUT2D eigenvalue weighted by Crippen LogP contribution is -2.48.